The normalized spacial score (nSPS) is 12.4. The lowest BCUT2D eigenvalue weighted by molar-refractivity contribution is -0.138. The highest BCUT2D eigenvalue weighted by Gasteiger charge is 2.36. The Balaban J connectivity index is 3.23. The number of alkyl halides is 3. The number of carbonyl (C=O) groups excluding carboxylic acids is 1. The Labute approximate surface area is 129 Å². The van der Waals surface area contributed by atoms with Gasteiger partial charge in [0, 0.05) is 17.6 Å². The lowest BCUT2D eigenvalue weighted by atomic mass is 10.0. The molecule has 0 bridgehead atoms. The van der Waals surface area contributed by atoms with Crippen molar-refractivity contribution in [2.24, 2.45) is 0 Å². The van der Waals surface area contributed by atoms with E-state index in [4.69, 9.17) is 0 Å². The summed E-state index contributed by atoms with van der Waals surface area (Å²) in [7, 11) is 0. The largest absolute Gasteiger partial charge is 0.417 e. The number of halogens is 4. The van der Waals surface area contributed by atoms with Crippen LogP contribution in [0.15, 0.2) is 22.7 Å². The monoisotopic (exact) mass is 367 g/mol. The number of amides is 1. The number of carbonyl (C=O) groups is 1. The van der Waals surface area contributed by atoms with Crippen LogP contribution in [-0.2, 0) is 6.18 Å². The summed E-state index contributed by atoms with van der Waals surface area (Å²) in [5.74, 6) is -0.751. The smallest absolute Gasteiger partial charge is 0.389 e. The second kappa shape index (κ2) is 6.36. The molecular formula is C14H17BrF3NO2. The molecule has 7 heteroatoms. The zero-order valence-electron chi connectivity index (χ0n) is 12.0. The van der Waals surface area contributed by atoms with E-state index in [2.05, 4.69) is 15.9 Å². The molecule has 0 radical (unpaired) electrons. The molecule has 0 aliphatic carbocycles. The highest BCUT2D eigenvalue weighted by atomic mass is 79.9. The summed E-state index contributed by atoms with van der Waals surface area (Å²) >= 11 is 2.98. The summed E-state index contributed by atoms with van der Waals surface area (Å²) in [6.07, 6.45) is -4.62. The maximum atomic E-state index is 13.1. The highest BCUT2D eigenvalue weighted by molar-refractivity contribution is 9.10. The summed E-state index contributed by atoms with van der Waals surface area (Å²) in [5, 5.41) is 9.76. The van der Waals surface area contributed by atoms with Crippen molar-refractivity contribution in [2.45, 2.75) is 32.5 Å². The van der Waals surface area contributed by atoms with Crippen LogP contribution >= 0.6 is 15.9 Å². The third kappa shape index (κ3) is 5.00. The van der Waals surface area contributed by atoms with E-state index >= 15 is 0 Å². The van der Waals surface area contributed by atoms with Crippen molar-refractivity contribution in [3.8, 4) is 0 Å². The minimum absolute atomic E-state index is 0.0459. The molecule has 0 saturated carbocycles. The Hall–Kier alpha value is -1.08. The zero-order valence-corrected chi connectivity index (χ0v) is 13.5. The van der Waals surface area contributed by atoms with Gasteiger partial charge in [0.15, 0.2) is 0 Å². The van der Waals surface area contributed by atoms with Crippen molar-refractivity contribution >= 4 is 21.8 Å². The first-order chi connectivity index (χ1) is 9.45. The van der Waals surface area contributed by atoms with Crippen LogP contribution < -0.4 is 0 Å². The number of rotatable bonds is 4. The molecule has 3 nitrogen and oxygen atoms in total. The summed E-state index contributed by atoms with van der Waals surface area (Å²) in [4.78, 5) is 13.5. The first-order valence-corrected chi connectivity index (χ1v) is 7.13. The summed E-state index contributed by atoms with van der Waals surface area (Å²) in [6.45, 7) is 4.80. The fourth-order valence-corrected chi connectivity index (χ4v) is 2.26. The van der Waals surface area contributed by atoms with Gasteiger partial charge in [-0.2, -0.15) is 13.2 Å². The lowest BCUT2D eigenvalue weighted by Crippen LogP contribution is -2.42. The highest BCUT2D eigenvalue weighted by Crippen LogP contribution is 2.34. The van der Waals surface area contributed by atoms with E-state index < -0.39 is 28.8 Å². The molecule has 1 N–H and O–H groups in total. The first kappa shape index (κ1) is 18.0. The number of aliphatic hydroxyl groups is 1. The Kier molecular flexibility index (Phi) is 5.44. The fraction of sp³-hybridized carbons (Fsp3) is 0.500. The van der Waals surface area contributed by atoms with E-state index in [-0.39, 0.29) is 17.6 Å². The Bertz CT molecular complexity index is 524. The zero-order chi connectivity index (χ0) is 16.4. The van der Waals surface area contributed by atoms with E-state index in [0.29, 0.717) is 0 Å². The van der Waals surface area contributed by atoms with Gasteiger partial charge in [-0.1, -0.05) is 15.9 Å². The van der Waals surface area contributed by atoms with E-state index in [0.717, 1.165) is 12.1 Å². The summed E-state index contributed by atoms with van der Waals surface area (Å²) in [6, 6.07) is 3.41. The Morgan fingerprint density at radius 1 is 1.33 bits per heavy atom. The molecule has 1 aromatic carbocycles. The molecule has 0 aliphatic heterocycles. The van der Waals surface area contributed by atoms with Crippen LogP contribution in [0.3, 0.4) is 0 Å². The Morgan fingerprint density at radius 3 is 2.33 bits per heavy atom. The first-order valence-electron chi connectivity index (χ1n) is 6.34. The van der Waals surface area contributed by atoms with Crippen molar-refractivity contribution in [3.63, 3.8) is 0 Å². The Morgan fingerprint density at radius 2 is 1.90 bits per heavy atom. The molecule has 0 aromatic heterocycles. The van der Waals surface area contributed by atoms with Crippen LogP contribution in [-0.4, -0.2) is 34.6 Å². The van der Waals surface area contributed by atoms with Gasteiger partial charge in [-0.25, -0.2) is 0 Å². The quantitative estimate of drug-likeness (QED) is 0.881. The van der Waals surface area contributed by atoms with Gasteiger partial charge >= 0.3 is 6.18 Å². The average Bonchev–Trinajstić information content (AvgIpc) is 2.33. The maximum Gasteiger partial charge on any atom is 0.417 e. The summed E-state index contributed by atoms with van der Waals surface area (Å²) < 4.78 is 39.4. The number of nitrogens with zero attached hydrogens (tertiary/aromatic N) is 1. The summed E-state index contributed by atoms with van der Waals surface area (Å²) in [5.41, 5.74) is -2.59. The minimum Gasteiger partial charge on any atom is -0.389 e. The number of hydrogen-bond acceptors (Lipinski definition) is 2. The maximum absolute atomic E-state index is 13.1. The van der Waals surface area contributed by atoms with Crippen LogP contribution in [0.4, 0.5) is 13.2 Å². The van der Waals surface area contributed by atoms with E-state index in [1.807, 2.05) is 0 Å². The number of benzene rings is 1. The van der Waals surface area contributed by atoms with Gasteiger partial charge in [0.25, 0.3) is 5.91 Å². The van der Waals surface area contributed by atoms with Gasteiger partial charge in [-0.15, -0.1) is 0 Å². The van der Waals surface area contributed by atoms with Gasteiger partial charge in [-0.05, 0) is 39.0 Å². The van der Waals surface area contributed by atoms with E-state index in [1.54, 1.807) is 6.92 Å². The molecule has 0 unspecified atom stereocenters. The molecule has 21 heavy (non-hydrogen) atoms. The lowest BCUT2D eigenvalue weighted by Gasteiger charge is -2.29. The molecule has 1 amide bonds. The molecule has 1 aromatic rings. The van der Waals surface area contributed by atoms with Crippen molar-refractivity contribution in [3.05, 3.63) is 33.8 Å². The third-order valence-corrected chi connectivity index (χ3v) is 3.26. The molecule has 0 spiro atoms. The molecule has 0 heterocycles. The van der Waals surface area contributed by atoms with E-state index in [9.17, 15) is 23.1 Å². The van der Waals surface area contributed by atoms with Gasteiger partial charge in [0.2, 0.25) is 0 Å². The molecule has 0 saturated heterocycles. The predicted molar refractivity (Wildman–Crippen MR) is 77.0 cm³/mol. The molecule has 0 fully saturated rings. The number of likely N-dealkylation sites (N-methyl/N-ethyl adjacent to an activating group) is 1. The molecular weight excluding hydrogens is 351 g/mol. The molecule has 118 valence electrons. The van der Waals surface area contributed by atoms with Crippen LogP contribution in [0, 0.1) is 0 Å². The molecule has 0 aliphatic rings. The average molecular weight is 368 g/mol. The van der Waals surface area contributed by atoms with Crippen LogP contribution in [0.2, 0.25) is 0 Å². The van der Waals surface area contributed by atoms with Gasteiger partial charge in [0.05, 0.1) is 16.7 Å². The second-order valence-corrected chi connectivity index (χ2v) is 6.24. The van der Waals surface area contributed by atoms with Crippen molar-refractivity contribution < 1.29 is 23.1 Å². The van der Waals surface area contributed by atoms with E-state index in [1.165, 1.54) is 24.8 Å². The number of hydrogen-bond donors (Lipinski definition) is 1. The van der Waals surface area contributed by atoms with Gasteiger partial charge < -0.3 is 10.0 Å². The van der Waals surface area contributed by atoms with Crippen molar-refractivity contribution in [2.75, 3.05) is 13.1 Å². The van der Waals surface area contributed by atoms with Crippen molar-refractivity contribution in [1.82, 2.24) is 4.90 Å². The topological polar surface area (TPSA) is 40.5 Å². The second-order valence-electron chi connectivity index (χ2n) is 5.32. The molecule has 0 atom stereocenters. The van der Waals surface area contributed by atoms with Crippen LogP contribution in [0.1, 0.15) is 36.7 Å². The van der Waals surface area contributed by atoms with Crippen LogP contribution in [0.5, 0.6) is 0 Å². The minimum atomic E-state index is -4.62. The SMILES string of the molecule is CCN(CC(C)(C)O)C(=O)c1ccc(Br)cc1C(F)(F)F. The standard InChI is InChI=1S/C14H17BrF3NO2/c1-4-19(8-13(2,3)21)12(20)10-6-5-9(15)7-11(10)14(16,17)18/h5-7,21H,4,8H2,1-3H3. The van der Waals surface area contributed by atoms with Gasteiger partial charge in [0.1, 0.15) is 0 Å². The fourth-order valence-electron chi connectivity index (χ4n) is 1.90. The van der Waals surface area contributed by atoms with Gasteiger partial charge in [-0.3, -0.25) is 4.79 Å². The molecule has 1 rings (SSSR count). The van der Waals surface area contributed by atoms with Crippen molar-refractivity contribution in [1.29, 1.82) is 0 Å². The predicted octanol–water partition coefficient (Wildman–Crippen LogP) is 3.70. The van der Waals surface area contributed by atoms with Crippen LogP contribution in [0.25, 0.3) is 0 Å². The third-order valence-electron chi connectivity index (χ3n) is 2.76.